The van der Waals surface area contributed by atoms with Gasteiger partial charge in [-0.15, -0.1) is 0 Å². The van der Waals surface area contributed by atoms with Crippen LogP contribution in [0.4, 0.5) is 10.7 Å². The fraction of sp³-hybridized carbons (Fsp3) is 0. The summed E-state index contributed by atoms with van der Waals surface area (Å²) >= 11 is 6.87. The second kappa shape index (κ2) is 6.77. The molecule has 0 bridgehead atoms. The number of ether oxygens (including phenoxy) is 1. The number of hydrogen-bond acceptors (Lipinski definition) is 6. The van der Waals surface area contributed by atoms with Crippen molar-refractivity contribution in [2.75, 3.05) is 5.32 Å². The summed E-state index contributed by atoms with van der Waals surface area (Å²) in [7, 11) is 0. The van der Waals surface area contributed by atoms with Crippen LogP contribution in [0.25, 0.3) is 0 Å². The Morgan fingerprint density at radius 3 is 2.29 bits per heavy atom. The highest BCUT2D eigenvalue weighted by Crippen LogP contribution is 2.32. The minimum Gasteiger partial charge on any atom is -0.492 e. The molecule has 0 radical (unpaired) electrons. The molecule has 8 heteroatoms. The summed E-state index contributed by atoms with van der Waals surface area (Å²) in [5.41, 5.74) is 6.40. The van der Waals surface area contributed by atoms with Gasteiger partial charge in [0, 0.05) is 10.7 Å². The standard InChI is InChI=1S/C16H13ClN4O2S/c17-9-1-5-11(6-2-9)23-12-7-3-10(4-8-12)20-16-13(14(18)19)15(22)21-24-16/h1-8,20H,(H3,18,19)(H,21,22). The molecule has 1 aromatic heterocycles. The Hall–Kier alpha value is -2.77. The van der Waals surface area contributed by atoms with Crippen LogP contribution >= 0.6 is 23.1 Å². The van der Waals surface area contributed by atoms with Crippen molar-refractivity contribution in [1.82, 2.24) is 4.37 Å². The summed E-state index contributed by atoms with van der Waals surface area (Å²) in [6, 6.07) is 14.3. The summed E-state index contributed by atoms with van der Waals surface area (Å²) in [6.07, 6.45) is 0. The van der Waals surface area contributed by atoms with Crippen molar-refractivity contribution in [3.05, 3.63) is 59.1 Å². The number of hydrogen-bond donors (Lipinski definition) is 4. The molecular weight excluding hydrogens is 348 g/mol. The number of aromatic hydroxyl groups is 1. The zero-order valence-corrected chi connectivity index (χ0v) is 13.9. The van der Waals surface area contributed by atoms with E-state index in [4.69, 9.17) is 27.5 Å². The van der Waals surface area contributed by atoms with Gasteiger partial charge in [-0.25, -0.2) is 0 Å². The van der Waals surface area contributed by atoms with Gasteiger partial charge in [0.2, 0.25) is 5.88 Å². The lowest BCUT2D eigenvalue weighted by atomic mass is 10.2. The van der Waals surface area contributed by atoms with Crippen molar-refractivity contribution in [3.63, 3.8) is 0 Å². The number of amidine groups is 1. The largest absolute Gasteiger partial charge is 0.492 e. The number of aromatic nitrogens is 1. The quantitative estimate of drug-likeness (QED) is 0.400. The molecule has 0 fully saturated rings. The lowest BCUT2D eigenvalue weighted by molar-refractivity contribution is 0.459. The topological polar surface area (TPSA) is 104 Å². The predicted molar refractivity (Wildman–Crippen MR) is 96.0 cm³/mol. The molecular formula is C16H13ClN4O2S. The van der Waals surface area contributed by atoms with Crippen molar-refractivity contribution in [2.45, 2.75) is 0 Å². The van der Waals surface area contributed by atoms with Gasteiger partial charge in [0.15, 0.2) is 0 Å². The second-order valence-electron chi connectivity index (χ2n) is 4.83. The highest BCUT2D eigenvalue weighted by molar-refractivity contribution is 7.11. The average molecular weight is 361 g/mol. The number of anilines is 2. The van der Waals surface area contributed by atoms with Gasteiger partial charge < -0.3 is 20.9 Å². The van der Waals surface area contributed by atoms with Crippen LogP contribution in [0.1, 0.15) is 5.56 Å². The average Bonchev–Trinajstić information content (AvgIpc) is 2.92. The maximum atomic E-state index is 9.62. The smallest absolute Gasteiger partial charge is 0.236 e. The minimum absolute atomic E-state index is 0.196. The molecule has 0 aliphatic rings. The Labute approximate surface area is 147 Å². The third kappa shape index (κ3) is 3.58. The fourth-order valence-corrected chi connectivity index (χ4v) is 2.84. The Balaban J connectivity index is 1.73. The number of nitrogens with zero attached hydrogens (tertiary/aromatic N) is 1. The van der Waals surface area contributed by atoms with Crippen LogP contribution in [0.2, 0.25) is 5.02 Å². The first-order valence-corrected chi connectivity index (χ1v) is 8.01. The lowest BCUT2D eigenvalue weighted by Gasteiger charge is -2.08. The maximum Gasteiger partial charge on any atom is 0.236 e. The Kier molecular flexibility index (Phi) is 4.54. The highest BCUT2D eigenvalue weighted by atomic mass is 35.5. The van der Waals surface area contributed by atoms with Crippen LogP contribution in [-0.2, 0) is 0 Å². The summed E-state index contributed by atoms with van der Waals surface area (Å²) in [5, 5.41) is 21.3. The van der Waals surface area contributed by atoms with Crippen molar-refractivity contribution in [3.8, 4) is 17.4 Å². The summed E-state index contributed by atoms with van der Waals surface area (Å²) in [5.74, 6) is 0.859. The van der Waals surface area contributed by atoms with E-state index in [-0.39, 0.29) is 17.3 Å². The third-order valence-electron chi connectivity index (χ3n) is 3.10. The van der Waals surface area contributed by atoms with E-state index in [1.165, 1.54) is 0 Å². The van der Waals surface area contributed by atoms with E-state index in [1.54, 1.807) is 36.4 Å². The molecule has 0 amide bonds. The molecule has 122 valence electrons. The highest BCUT2D eigenvalue weighted by Gasteiger charge is 2.15. The molecule has 0 spiro atoms. The molecule has 0 saturated heterocycles. The van der Waals surface area contributed by atoms with E-state index in [2.05, 4.69) is 9.69 Å². The maximum absolute atomic E-state index is 9.62. The molecule has 3 rings (SSSR count). The summed E-state index contributed by atoms with van der Waals surface area (Å²) in [6.45, 7) is 0. The van der Waals surface area contributed by atoms with Crippen LogP contribution in [0, 0.1) is 5.41 Å². The van der Waals surface area contributed by atoms with Gasteiger partial charge in [0.05, 0.1) is 0 Å². The third-order valence-corrected chi connectivity index (χ3v) is 4.11. The molecule has 0 aliphatic carbocycles. The zero-order chi connectivity index (χ0) is 17.1. The number of halogens is 1. The molecule has 0 atom stereocenters. The molecule has 1 heterocycles. The molecule has 0 saturated carbocycles. The van der Waals surface area contributed by atoms with Gasteiger partial charge in [-0.2, -0.15) is 4.37 Å². The number of nitrogen functional groups attached to an aromatic ring is 1. The molecule has 24 heavy (non-hydrogen) atoms. The lowest BCUT2D eigenvalue weighted by Crippen LogP contribution is -2.11. The van der Waals surface area contributed by atoms with Crippen molar-refractivity contribution < 1.29 is 9.84 Å². The van der Waals surface area contributed by atoms with Crippen LogP contribution in [0.5, 0.6) is 17.4 Å². The van der Waals surface area contributed by atoms with E-state index in [9.17, 15) is 5.11 Å². The van der Waals surface area contributed by atoms with Gasteiger partial charge >= 0.3 is 0 Å². The Morgan fingerprint density at radius 1 is 1.12 bits per heavy atom. The SMILES string of the molecule is N=C(N)c1c(O)nsc1Nc1ccc(Oc2ccc(Cl)cc2)cc1. The molecule has 0 unspecified atom stereocenters. The predicted octanol–water partition coefficient (Wildman–Crippen LogP) is 4.32. The van der Waals surface area contributed by atoms with Gasteiger partial charge in [-0.1, -0.05) is 11.6 Å². The van der Waals surface area contributed by atoms with E-state index in [0.29, 0.717) is 21.5 Å². The number of nitrogens with one attached hydrogen (secondary N) is 2. The van der Waals surface area contributed by atoms with E-state index in [0.717, 1.165) is 17.2 Å². The Bertz CT molecular complexity index is 863. The molecule has 0 aliphatic heterocycles. The van der Waals surface area contributed by atoms with Gasteiger partial charge in [0.1, 0.15) is 27.9 Å². The van der Waals surface area contributed by atoms with Gasteiger partial charge in [0.25, 0.3) is 0 Å². The minimum atomic E-state index is -0.252. The second-order valence-corrected chi connectivity index (χ2v) is 6.04. The van der Waals surface area contributed by atoms with Gasteiger partial charge in [-0.05, 0) is 60.1 Å². The van der Waals surface area contributed by atoms with E-state index >= 15 is 0 Å². The number of benzene rings is 2. The first kappa shape index (κ1) is 16.1. The number of rotatable bonds is 5. The van der Waals surface area contributed by atoms with Crippen LogP contribution < -0.4 is 15.8 Å². The monoisotopic (exact) mass is 360 g/mol. The first-order valence-electron chi connectivity index (χ1n) is 6.86. The fourth-order valence-electron chi connectivity index (χ4n) is 1.99. The van der Waals surface area contributed by atoms with Gasteiger partial charge in [-0.3, -0.25) is 5.41 Å². The molecule has 5 N–H and O–H groups in total. The van der Waals surface area contributed by atoms with Crippen LogP contribution in [0.3, 0.4) is 0 Å². The zero-order valence-electron chi connectivity index (χ0n) is 12.3. The summed E-state index contributed by atoms with van der Waals surface area (Å²) < 4.78 is 9.51. The van der Waals surface area contributed by atoms with Crippen LogP contribution in [0.15, 0.2) is 48.5 Å². The van der Waals surface area contributed by atoms with Crippen molar-refractivity contribution in [2.24, 2.45) is 5.73 Å². The van der Waals surface area contributed by atoms with Crippen LogP contribution in [-0.4, -0.2) is 15.3 Å². The Morgan fingerprint density at radius 2 is 1.71 bits per heavy atom. The van der Waals surface area contributed by atoms with E-state index in [1.807, 2.05) is 12.1 Å². The molecule has 2 aromatic carbocycles. The summed E-state index contributed by atoms with van der Waals surface area (Å²) in [4.78, 5) is 0. The van der Waals surface area contributed by atoms with Crippen molar-refractivity contribution >= 4 is 39.7 Å². The first-order chi connectivity index (χ1) is 11.5. The normalized spacial score (nSPS) is 10.4. The molecule has 3 aromatic rings. The number of nitrogens with two attached hydrogens (primary N) is 1. The molecule has 6 nitrogen and oxygen atoms in total. The van der Waals surface area contributed by atoms with E-state index < -0.39 is 0 Å². The van der Waals surface area contributed by atoms with Crippen molar-refractivity contribution in [1.29, 1.82) is 5.41 Å².